The first-order valence-corrected chi connectivity index (χ1v) is 11.2. The van der Waals surface area contributed by atoms with Gasteiger partial charge in [0.25, 0.3) is 5.91 Å². The summed E-state index contributed by atoms with van der Waals surface area (Å²) >= 11 is 12.0. The Morgan fingerprint density at radius 3 is 2.52 bits per heavy atom. The van der Waals surface area contributed by atoms with Gasteiger partial charge >= 0.3 is 0 Å². The largest absolute Gasteiger partial charge is 0.325 e. The van der Waals surface area contributed by atoms with E-state index in [1.54, 1.807) is 19.1 Å². The van der Waals surface area contributed by atoms with E-state index in [2.05, 4.69) is 5.32 Å². The lowest BCUT2D eigenvalue weighted by Crippen LogP contribution is -3.15. The van der Waals surface area contributed by atoms with Gasteiger partial charge in [-0.25, -0.2) is 12.8 Å². The van der Waals surface area contributed by atoms with Crippen LogP contribution in [0.4, 0.5) is 10.1 Å². The van der Waals surface area contributed by atoms with E-state index in [1.807, 2.05) is 0 Å². The molecule has 2 N–H and O–H groups in total. The SMILES string of the molecule is Cc1ccc(NC(=O)C[NH+]2CCN(S(=O)(=O)c3cc(Cl)ccc3Cl)CC2)cc1F. The summed E-state index contributed by atoms with van der Waals surface area (Å²) in [4.78, 5) is 13.2. The molecule has 0 aromatic heterocycles. The highest BCUT2D eigenvalue weighted by Gasteiger charge is 2.32. The summed E-state index contributed by atoms with van der Waals surface area (Å²) in [6, 6.07) is 8.85. The number of nitrogens with one attached hydrogen (secondary N) is 2. The van der Waals surface area contributed by atoms with Crippen LogP contribution >= 0.6 is 23.2 Å². The summed E-state index contributed by atoms with van der Waals surface area (Å²) < 4.78 is 40.6. The third-order valence-corrected chi connectivity index (χ3v) is 7.42. The van der Waals surface area contributed by atoms with Crippen LogP contribution in [0.15, 0.2) is 41.3 Å². The van der Waals surface area contributed by atoms with Crippen molar-refractivity contribution in [1.29, 1.82) is 0 Å². The van der Waals surface area contributed by atoms with Gasteiger partial charge in [0.05, 0.1) is 31.2 Å². The van der Waals surface area contributed by atoms with Crippen LogP contribution in [0.5, 0.6) is 0 Å². The Morgan fingerprint density at radius 2 is 1.86 bits per heavy atom. The number of nitrogens with zero attached hydrogens (tertiary/aromatic N) is 1. The molecule has 1 fully saturated rings. The maximum Gasteiger partial charge on any atom is 0.279 e. The Balaban J connectivity index is 1.58. The van der Waals surface area contributed by atoms with Gasteiger partial charge in [-0.1, -0.05) is 29.3 Å². The summed E-state index contributed by atoms with van der Waals surface area (Å²) in [5, 5.41) is 3.09. The number of piperazine rings is 1. The van der Waals surface area contributed by atoms with E-state index in [4.69, 9.17) is 23.2 Å². The number of amides is 1. The van der Waals surface area contributed by atoms with Crippen molar-refractivity contribution in [2.24, 2.45) is 0 Å². The molecule has 156 valence electrons. The molecule has 29 heavy (non-hydrogen) atoms. The number of aryl methyl sites for hydroxylation is 1. The van der Waals surface area contributed by atoms with Crippen molar-refractivity contribution in [2.75, 3.05) is 38.0 Å². The molecule has 0 spiro atoms. The third-order valence-electron chi connectivity index (χ3n) is 4.81. The average Bonchev–Trinajstić information content (AvgIpc) is 2.67. The normalized spacial score (nSPS) is 16.0. The minimum absolute atomic E-state index is 0.0192. The first kappa shape index (κ1) is 22.0. The molecule has 1 heterocycles. The van der Waals surface area contributed by atoms with Gasteiger partial charge in [0.15, 0.2) is 6.54 Å². The van der Waals surface area contributed by atoms with Crippen molar-refractivity contribution in [3.05, 3.63) is 57.8 Å². The predicted octanol–water partition coefficient (Wildman–Crippen LogP) is 1.97. The molecule has 2 aromatic rings. The second kappa shape index (κ2) is 8.97. The highest BCUT2D eigenvalue weighted by molar-refractivity contribution is 7.89. The van der Waals surface area contributed by atoms with E-state index in [-0.39, 0.29) is 41.3 Å². The lowest BCUT2D eigenvalue weighted by Gasteiger charge is -2.31. The Bertz CT molecular complexity index is 1030. The molecule has 1 amide bonds. The van der Waals surface area contributed by atoms with Crippen LogP contribution < -0.4 is 10.2 Å². The lowest BCUT2D eigenvalue weighted by molar-refractivity contribution is -0.895. The number of carbonyl (C=O) groups excluding carboxylic acids is 1. The molecule has 1 aliphatic rings. The van der Waals surface area contributed by atoms with E-state index in [1.165, 1.54) is 28.6 Å². The number of hydrogen-bond donors (Lipinski definition) is 2. The zero-order chi connectivity index (χ0) is 21.2. The molecule has 0 unspecified atom stereocenters. The van der Waals surface area contributed by atoms with Gasteiger partial charge in [-0.05, 0) is 42.8 Å². The van der Waals surface area contributed by atoms with E-state index < -0.39 is 10.0 Å². The molecular weight excluding hydrogens is 440 g/mol. The van der Waals surface area contributed by atoms with E-state index in [0.717, 1.165) is 4.90 Å². The number of rotatable bonds is 5. The number of hydrogen-bond acceptors (Lipinski definition) is 3. The topological polar surface area (TPSA) is 70.9 Å². The second-order valence-electron chi connectivity index (χ2n) is 6.92. The molecule has 0 radical (unpaired) electrons. The molecule has 0 atom stereocenters. The van der Waals surface area contributed by atoms with Gasteiger partial charge in [-0.15, -0.1) is 0 Å². The zero-order valence-electron chi connectivity index (χ0n) is 15.7. The average molecular weight is 461 g/mol. The highest BCUT2D eigenvalue weighted by atomic mass is 35.5. The van der Waals surface area contributed by atoms with E-state index >= 15 is 0 Å². The Hall–Kier alpha value is -1.71. The number of anilines is 1. The zero-order valence-corrected chi connectivity index (χ0v) is 18.0. The molecule has 6 nitrogen and oxygen atoms in total. The van der Waals surface area contributed by atoms with Crippen molar-refractivity contribution in [1.82, 2.24) is 4.31 Å². The van der Waals surface area contributed by atoms with Crippen molar-refractivity contribution in [3.8, 4) is 0 Å². The van der Waals surface area contributed by atoms with Gasteiger partial charge in [0, 0.05) is 10.7 Å². The number of benzene rings is 2. The highest BCUT2D eigenvalue weighted by Crippen LogP contribution is 2.27. The van der Waals surface area contributed by atoms with Crippen molar-refractivity contribution in [3.63, 3.8) is 0 Å². The maximum atomic E-state index is 13.6. The number of quaternary nitrogens is 1. The molecule has 1 saturated heterocycles. The summed E-state index contributed by atoms with van der Waals surface area (Å²) in [7, 11) is -3.76. The molecule has 1 aliphatic heterocycles. The Morgan fingerprint density at radius 1 is 1.17 bits per heavy atom. The minimum atomic E-state index is -3.76. The smallest absolute Gasteiger partial charge is 0.279 e. The van der Waals surface area contributed by atoms with Crippen LogP contribution in [0.1, 0.15) is 5.56 Å². The Labute approximate surface area is 179 Å². The van der Waals surface area contributed by atoms with Gasteiger partial charge in [-0.3, -0.25) is 4.79 Å². The lowest BCUT2D eigenvalue weighted by atomic mass is 10.2. The molecular formula is C19H21Cl2FN3O3S+. The number of carbonyl (C=O) groups is 1. The fraction of sp³-hybridized carbons (Fsp3) is 0.316. The minimum Gasteiger partial charge on any atom is -0.325 e. The molecule has 3 rings (SSSR count). The standard InChI is InChI=1S/C19H20Cl2FN3O3S/c1-13-2-4-15(11-17(13)22)23-19(26)12-24-6-8-25(9-7-24)29(27,28)18-10-14(20)3-5-16(18)21/h2-5,10-11H,6-9,12H2,1H3,(H,23,26)/p+1. The third kappa shape index (κ3) is 5.26. The van der Waals surface area contributed by atoms with Crippen LogP contribution in [0, 0.1) is 12.7 Å². The van der Waals surface area contributed by atoms with Crippen molar-refractivity contribution < 1.29 is 22.5 Å². The Kier molecular flexibility index (Phi) is 6.80. The van der Waals surface area contributed by atoms with E-state index in [9.17, 15) is 17.6 Å². The fourth-order valence-corrected chi connectivity index (χ4v) is 5.32. The number of halogens is 3. The summed E-state index contributed by atoms with van der Waals surface area (Å²) in [6.07, 6.45) is 0. The molecule has 10 heteroatoms. The van der Waals surface area contributed by atoms with Gasteiger partial charge in [-0.2, -0.15) is 4.31 Å². The van der Waals surface area contributed by atoms with Crippen molar-refractivity contribution >= 4 is 44.8 Å². The number of sulfonamides is 1. The van der Waals surface area contributed by atoms with Crippen LogP contribution in [0.3, 0.4) is 0 Å². The summed E-state index contributed by atoms with van der Waals surface area (Å²) in [5.74, 6) is -0.633. The quantitative estimate of drug-likeness (QED) is 0.716. The predicted molar refractivity (Wildman–Crippen MR) is 111 cm³/mol. The van der Waals surface area contributed by atoms with Crippen LogP contribution in [-0.2, 0) is 14.8 Å². The summed E-state index contributed by atoms with van der Waals surface area (Å²) in [6.45, 7) is 3.26. The summed E-state index contributed by atoms with van der Waals surface area (Å²) in [5.41, 5.74) is 0.903. The molecule has 0 bridgehead atoms. The van der Waals surface area contributed by atoms with Crippen LogP contribution in [-0.4, -0.2) is 51.4 Å². The molecule has 2 aromatic carbocycles. The van der Waals surface area contributed by atoms with Crippen LogP contribution in [0.25, 0.3) is 0 Å². The monoisotopic (exact) mass is 460 g/mol. The molecule has 0 aliphatic carbocycles. The fourth-order valence-electron chi connectivity index (χ4n) is 3.14. The van der Waals surface area contributed by atoms with Crippen LogP contribution in [0.2, 0.25) is 10.0 Å². The maximum absolute atomic E-state index is 13.6. The first-order valence-electron chi connectivity index (χ1n) is 9.01. The van der Waals surface area contributed by atoms with Gasteiger partial charge < -0.3 is 10.2 Å². The molecule has 0 saturated carbocycles. The van der Waals surface area contributed by atoms with E-state index in [0.29, 0.717) is 29.4 Å². The van der Waals surface area contributed by atoms with Gasteiger partial charge in [0.2, 0.25) is 10.0 Å². The van der Waals surface area contributed by atoms with Gasteiger partial charge in [0.1, 0.15) is 10.7 Å². The first-order chi connectivity index (χ1) is 13.7. The second-order valence-corrected chi connectivity index (χ2v) is 9.67. The van der Waals surface area contributed by atoms with Crippen molar-refractivity contribution in [2.45, 2.75) is 11.8 Å².